The molecule has 1 fully saturated rings. The fourth-order valence-electron chi connectivity index (χ4n) is 2.19. The Morgan fingerprint density at radius 1 is 1.29 bits per heavy atom. The molecule has 4 nitrogen and oxygen atoms in total. The summed E-state index contributed by atoms with van der Waals surface area (Å²) in [6.07, 6.45) is 6.57. The van der Waals surface area contributed by atoms with Crippen molar-refractivity contribution in [3.63, 3.8) is 0 Å². The third-order valence-electron chi connectivity index (χ3n) is 3.32. The summed E-state index contributed by atoms with van der Waals surface area (Å²) in [5.41, 5.74) is 0. The molecule has 0 unspecified atom stereocenters. The molecule has 0 radical (unpaired) electrons. The highest BCUT2D eigenvalue weighted by Gasteiger charge is 2.19. The van der Waals surface area contributed by atoms with Gasteiger partial charge in [0.25, 0.3) is 0 Å². The number of hydrogen-bond acceptors (Lipinski definition) is 4. The first kappa shape index (κ1) is 12.4. The summed E-state index contributed by atoms with van der Waals surface area (Å²) in [7, 11) is 1.80. The van der Waals surface area contributed by atoms with Crippen LogP contribution in [0.1, 0.15) is 32.6 Å². The zero-order valence-electron chi connectivity index (χ0n) is 10.3. The fraction of sp³-hybridized carbons (Fsp3) is 0.667. The van der Waals surface area contributed by atoms with E-state index in [9.17, 15) is 0 Å². The number of nitrogens with zero attached hydrogens (tertiary/aromatic N) is 2. The lowest BCUT2D eigenvalue weighted by molar-refractivity contribution is 0.361. The average Bonchev–Trinajstić information content (AvgIpc) is 2.35. The van der Waals surface area contributed by atoms with Gasteiger partial charge in [-0.1, -0.05) is 18.5 Å². The van der Waals surface area contributed by atoms with E-state index in [2.05, 4.69) is 27.5 Å². The van der Waals surface area contributed by atoms with Crippen LogP contribution >= 0.6 is 11.6 Å². The van der Waals surface area contributed by atoms with Gasteiger partial charge in [-0.2, -0.15) is 4.98 Å². The number of rotatable bonds is 3. The van der Waals surface area contributed by atoms with Crippen molar-refractivity contribution in [2.75, 3.05) is 17.7 Å². The summed E-state index contributed by atoms with van der Waals surface area (Å²) in [5.74, 6) is 2.19. The van der Waals surface area contributed by atoms with Crippen molar-refractivity contribution in [1.82, 2.24) is 9.97 Å². The molecule has 1 aromatic heterocycles. The van der Waals surface area contributed by atoms with Crippen LogP contribution in [-0.2, 0) is 0 Å². The van der Waals surface area contributed by atoms with E-state index in [1.165, 1.54) is 25.7 Å². The van der Waals surface area contributed by atoms with Gasteiger partial charge in [0.2, 0.25) is 5.95 Å². The summed E-state index contributed by atoms with van der Waals surface area (Å²) in [6, 6.07) is 0.489. The lowest BCUT2D eigenvalue weighted by atomic mass is 9.87. The third kappa shape index (κ3) is 3.22. The molecular weight excluding hydrogens is 236 g/mol. The van der Waals surface area contributed by atoms with Crippen molar-refractivity contribution >= 4 is 23.4 Å². The number of nitrogens with one attached hydrogen (secondary N) is 2. The maximum absolute atomic E-state index is 6.09. The maximum Gasteiger partial charge on any atom is 0.224 e. The van der Waals surface area contributed by atoms with E-state index in [0.29, 0.717) is 17.0 Å². The molecule has 0 atom stereocenters. The lowest BCUT2D eigenvalue weighted by Crippen LogP contribution is -2.26. The van der Waals surface area contributed by atoms with Crippen LogP contribution in [0, 0.1) is 5.92 Å². The summed E-state index contributed by atoms with van der Waals surface area (Å²) in [6.45, 7) is 2.31. The van der Waals surface area contributed by atoms with Crippen molar-refractivity contribution in [2.24, 2.45) is 5.92 Å². The molecule has 0 aromatic carbocycles. The average molecular weight is 255 g/mol. The van der Waals surface area contributed by atoms with Crippen molar-refractivity contribution < 1.29 is 0 Å². The minimum absolute atomic E-state index is 0.489. The Bertz CT molecular complexity index is 375. The number of anilines is 2. The Morgan fingerprint density at radius 2 is 2.00 bits per heavy atom. The SMILES string of the molecule is CNc1ncc(Cl)c(NC2CCC(C)CC2)n1. The van der Waals surface area contributed by atoms with Crippen LogP contribution in [0.2, 0.25) is 5.02 Å². The van der Waals surface area contributed by atoms with Gasteiger partial charge in [-0.3, -0.25) is 0 Å². The largest absolute Gasteiger partial charge is 0.366 e. The second kappa shape index (κ2) is 5.54. The van der Waals surface area contributed by atoms with E-state index in [1.807, 2.05) is 0 Å². The minimum Gasteiger partial charge on any atom is -0.366 e. The second-order valence-corrected chi connectivity index (χ2v) is 5.15. The Morgan fingerprint density at radius 3 is 2.65 bits per heavy atom. The highest BCUT2D eigenvalue weighted by molar-refractivity contribution is 6.32. The second-order valence-electron chi connectivity index (χ2n) is 4.74. The number of aromatic nitrogens is 2. The van der Waals surface area contributed by atoms with E-state index in [-0.39, 0.29) is 0 Å². The van der Waals surface area contributed by atoms with Crippen LogP contribution in [0.5, 0.6) is 0 Å². The van der Waals surface area contributed by atoms with Crippen LogP contribution in [0.3, 0.4) is 0 Å². The molecule has 2 rings (SSSR count). The molecule has 0 saturated heterocycles. The van der Waals surface area contributed by atoms with Gasteiger partial charge in [0.1, 0.15) is 5.02 Å². The van der Waals surface area contributed by atoms with Crippen molar-refractivity contribution in [2.45, 2.75) is 38.6 Å². The van der Waals surface area contributed by atoms with Crippen LogP contribution in [0.15, 0.2) is 6.20 Å². The first-order chi connectivity index (χ1) is 8.19. The number of halogens is 1. The van der Waals surface area contributed by atoms with Crippen molar-refractivity contribution in [1.29, 1.82) is 0 Å². The zero-order chi connectivity index (χ0) is 12.3. The molecule has 1 aliphatic rings. The summed E-state index contributed by atoms with van der Waals surface area (Å²) < 4.78 is 0. The van der Waals surface area contributed by atoms with Gasteiger partial charge in [0.05, 0.1) is 6.20 Å². The topological polar surface area (TPSA) is 49.8 Å². The molecule has 17 heavy (non-hydrogen) atoms. The summed E-state index contributed by atoms with van der Waals surface area (Å²) in [5, 5.41) is 6.93. The predicted molar refractivity (Wildman–Crippen MR) is 71.6 cm³/mol. The molecule has 1 heterocycles. The van der Waals surface area contributed by atoms with Gasteiger partial charge >= 0.3 is 0 Å². The van der Waals surface area contributed by atoms with Crippen LogP contribution in [-0.4, -0.2) is 23.1 Å². The molecule has 1 aromatic rings. The van der Waals surface area contributed by atoms with Crippen LogP contribution in [0.4, 0.5) is 11.8 Å². The molecular formula is C12H19ClN4. The molecule has 0 bridgehead atoms. The highest BCUT2D eigenvalue weighted by atomic mass is 35.5. The maximum atomic E-state index is 6.09. The van der Waals surface area contributed by atoms with Crippen LogP contribution in [0.25, 0.3) is 0 Å². The Kier molecular flexibility index (Phi) is 4.05. The van der Waals surface area contributed by atoms with Gasteiger partial charge in [0.15, 0.2) is 5.82 Å². The van der Waals surface area contributed by atoms with E-state index in [0.717, 1.165) is 11.7 Å². The molecule has 0 spiro atoms. The van der Waals surface area contributed by atoms with Gasteiger partial charge in [-0.25, -0.2) is 4.98 Å². The Hall–Kier alpha value is -1.03. The molecule has 1 aliphatic carbocycles. The van der Waals surface area contributed by atoms with E-state index >= 15 is 0 Å². The fourth-order valence-corrected chi connectivity index (χ4v) is 2.33. The van der Waals surface area contributed by atoms with Gasteiger partial charge < -0.3 is 10.6 Å². The smallest absolute Gasteiger partial charge is 0.224 e. The first-order valence-electron chi connectivity index (χ1n) is 6.16. The molecule has 2 N–H and O–H groups in total. The normalized spacial score (nSPS) is 24.4. The Labute approximate surface area is 107 Å². The molecule has 5 heteroatoms. The predicted octanol–water partition coefficient (Wildman–Crippen LogP) is 3.16. The number of hydrogen-bond donors (Lipinski definition) is 2. The van der Waals surface area contributed by atoms with E-state index < -0.39 is 0 Å². The standard InChI is InChI=1S/C12H19ClN4/c1-8-3-5-9(6-4-8)16-11-10(13)7-15-12(14-2)17-11/h7-9H,3-6H2,1-2H3,(H2,14,15,16,17). The first-order valence-corrected chi connectivity index (χ1v) is 6.53. The highest BCUT2D eigenvalue weighted by Crippen LogP contribution is 2.28. The summed E-state index contributed by atoms with van der Waals surface area (Å²) >= 11 is 6.09. The molecule has 94 valence electrons. The molecule has 0 aliphatic heterocycles. The quantitative estimate of drug-likeness (QED) is 0.870. The van der Waals surface area contributed by atoms with E-state index in [1.54, 1.807) is 13.2 Å². The minimum atomic E-state index is 0.489. The third-order valence-corrected chi connectivity index (χ3v) is 3.60. The Balaban J connectivity index is 2.02. The van der Waals surface area contributed by atoms with Crippen molar-refractivity contribution in [3.05, 3.63) is 11.2 Å². The van der Waals surface area contributed by atoms with E-state index in [4.69, 9.17) is 11.6 Å². The lowest BCUT2D eigenvalue weighted by Gasteiger charge is -2.27. The van der Waals surface area contributed by atoms with Crippen molar-refractivity contribution in [3.8, 4) is 0 Å². The van der Waals surface area contributed by atoms with Gasteiger partial charge in [-0.15, -0.1) is 0 Å². The van der Waals surface area contributed by atoms with Crippen LogP contribution < -0.4 is 10.6 Å². The monoisotopic (exact) mass is 254 g/mol. The molecule has 1 saturated carbocycles. The van der Waals surface area contributed by atoms with Gasteiger partial charge in [0, 0.05) is 13.1 Å². The zero-order valence-corrected chi connectivity index (χ0v) is 11.1. The van der Waals surface area contributed by atoms with Gasteiger partial charge in [-0.05, 0) is 31.6 Å². The molecule has 0 amide bonds. The summed E-state index contributed by atoms with van der Waals surface area (Å²) in [4.78, 5) is 8.41.